The van der Waals surface area contributed by atoms with Crippen molar-refractivity contribution in [3.63, 3.8) is 0 Å². The van der Waals surface area contributed by atoms with Crippen LogP contribution in [0.1, 0.15) is 30.6 Å². The number of aromatic nitrogens is 1. The number of nitriles is 1. The van der Waals surface area contributed by atoms with Crippen molar-refractivity contribution in [2.45, 2.75) is 37.0 Å². The van der Waals surface area contributed by atoms with Crippen LogP contribution in [0.15, 0.2) is 0 Å². The highest BCUT2D eigenvalue weighted by Gasteiger charge is 2.25. The van der Waals surface area contributed by atoms with Gasteiger partial charge in [-0.1, -0.05) is 35.8 Å². The highest BCUT2D eigenvalue weighted by Crippen LogP contribution is 2.32. The first-order valence-corrected chi connectivity index (χ1v) is 8.08. The van der Waals surface area contributed by atoms with Crippen LogP contribution in [0.25, 0.3) is 0 Å². The SMILES string of the molecule is CSC1CCCCC1Nc1nc(Cl)c(C#N)s1. The molecule has 17 heavy (non-hydrogen) atoms. The van der Waals surface area contributed by atoms with Gasteiger partial charge in [0.05, 0.1) is 0 Å². The van der Waals surface area contributed by atoms with Crippen LogP contribution in [0.3, 0.4) is 0 Å². The van der Waals surface area contributed by atoms with Crippen LogP contribution in [0.2, 0.25) is 5.15 Å². The molecule has 0 aromatic carbocycles. The van der Waals surface area contributed by atoms with Crippen LogP contribution in [-0.4, -0.2) is 22.5 Å². The molecule has 0 radical (unpaired) electrons. The minimum atomic E-state index is 0.316. The number of nitrogens with one attached hydrogen (secondary N) is 1. The second-order valence-electron chi connectivity index (χ2n) is 4.06. The number of rotatable bonds is 3. The Hall–Kier alpha value is -0.440. The normalized spacial score (nSPS) is 24.3. The molecule has 1 aromatic heterocycles. The lowest BCUT2D eigenvalue weighted by Gasteiger charge is -2.30. The first-order chi connectivity index (χ1) is 8.24. The molecule has 1 aromatic rings. The molecule has 2 rings (SSSR count). The van der Waals surface area contributed by atoms with E-state index in [4.69, 9.17) is 16.9 Å². The van der Waals surface area contributed by atoms with Crippen LogP contribution in [0.5, 0.6) is 0 Å². The summed E-state index contributed by atoms with van der Waals surface area (Å²) in [5.74, 6) is 0. The van der Waals surface area contributed by atoms with E-state index in [-0.39, 0.29) is 0 Å². The fourth-order valence-electron chi connectivity index (χ4n) is 2.13. The maximum absolute atomic E-state index is 8.84. The molecule has 92 valence electrons. The Bertz CT molecular complexity index is 427. The summed E-state index contributed by atoms with van der Waals surface area (Å²) in [6, 6.07) is 2.51. The number of halogens is 1. The molecule has 2 atom stereocenters. The number of anilines is 1. The van der Waals surface area contributed by atoms with Gasteiger partial charge in [-0.25, -0.2) is 4.98 Å². The summed E-state index contributed by atoms with van der Waals surface area (Å²) in [6.07, 6.45) is 7.15. The van der Waals surface area contributed by atoms with Crippen molar-refractivity contribution < 1.29 is 0 Å². The van der Waals surface area contributed by atoms with E-state index >= 15 is 0 Å². The van der Waals surface area contributed by atoms with Crippen molar-refractivity contribution >= 4 is 39.8 Å². The summed E-state index contributed by atoms with van der Waals surface area (Å²) >= 11 is 9.11. The second kappa shape index (κ2) is 5.94. The minimum Gasteiger partial charge on any atom is -0.358 e. The van der Waals surface area contributed by atoms with Crippen molar-refractivity contribution in [2.24, 2.45) is 0 Å². The fourth-order valence-corrected chi connectivity index (χ4v) is 4.08. The molecule has 1 N–H and O–H groups in total. The second-order valence-corrected chi connectivity index (χ2v) is 6.49. The molecule has 0 saturated heterocycles. The molecule has 0 amide bonds. The summed E-state index contributed by atoms with van der Waals surface area (Å²) in [7, 11) is 0. The average molecular weight is 288 g/mol. The lowest BCUT2D eigenvalue weighted by Crippen LogP contribution is -2.34. The van der Waals surface area contributed by atoms with Crippen molar-refractivity contribution in [1.82, 2.24) is 4.98 Å². The molecule has 1 aliphatic rings. The molecular weight excluding hydrogens is 274 g/mol. The van der Waals surface area contributed by atoms with Gasteiger partial charge in [0, 0.05) is 11.3 Å². The molecule has 0 aliphatic heterocycles. The van der Waals surface area contributed by atoms with Gasteiger partial charge < -0.3 is 5.32 Å². The minimum absolute atomic E-state index is 0.316. The lowest BCUT2D eigenvalue weighted by atomic mass is 9.95. The quantitative estimate of drug-likeness (QED) is 0.920. The topological polar surface area (TPSA) is 48.7 Å². The van der Waals surface area contributed by atoms with Gasteiger partial charge in [0.2, 0.25) is 0 Å². The van der Waals surface area contributed by atoms with E-state index in [1.807, 2.05) is 11.8 Å². The number of hydrogen-bond acceptors (Lipinski definition) is 5. The van der Waals surface area contributed by atoms with Crippen LogP contribution in [-0.2, 0) is 0 Å². The van der Waals surface area contributed by atoms with E-state index in [2.05, 4.69) is 22.6 Å². The first-order valence-electron chi connectivity index (χ1n) is 5.60. The Labute approximate surface area is 115 Å². The summed E-state index contributed by atoms with van der Waals surface area (Å²) in [6.45, 7) is 0. The van der Waals surface area contributed by atoms with Crippen LogP contribution < -0.4 is 5.32 Å². The molecule has 1 fully saturated rings. The highest BCUT2D eigenvalue weighted by atomic mass is 35.5. The zero-order valence-electron chi connectivity index (χ0n) is 9.57. The maximum atomic E-state index is 8.84. The van der Waals surface area contributed by atoms with Crippen molar-refractivity contribution in [2.75, 3.05) is 11.6 Å². The average Bonchev–Trinajstić information content (AvgIpc) is 2.70. The first kappa shape index (κ1) is 13.0. The van der Waals surface area contributed by atoms with Crippen molar-refractivity contribution in [3.8, 4) is 6.07 Å². The Kier molecular flexibility index (Phi) is 4.55. The van der Waals surface area contributed by atoms with Gasteiger partial charge in [-0.3, -0.25) is 0 Å². The molecule has 3 nitrogen and oxygen atoms in total. The molecule has 1 saturated carbocycles. The van der Waals surface area contributed by atoms with Gasteiger partial charge in [0.25, 0.3) is 0 Å². The molecule has 1 aliphatic carbocycles. The van der Waals surface area contributed by atoms with E-state index in [1.54, 1.807) is 0 Å². The Morgan fingerprint density at radius 3 is 2.94 bits per heavy atom. The van der Waals surface area contributed by atoms with Crippen LogP contribution in [0, 0.1) is 11.3 Å². The molecule has 0 spiro atoms. The highest BCUT2D eigenvalue weighted by molar-refractivity contribution is 7.99. The monoisotopic (exact) mass is 287 g/mol. The fraction of sp³-hybridized carbons (Fsp3) is 0.636. The van der Waals surface area contributed by atoms with Gasteiger partial charge in [-0.15, -0.1) is 0 Å². The van der Waals surface area contributed by atoms with Gasteiger partial charge in [0.1, 0.15) is 10.9 Å². The Balaban J connectivity index is 2.06. The number of hydrogen-bond donors (Lipinski definition) is 1. The molecule has 1 heterocycles. The van der Waals surface area contributed by atoms with E-state index < -0.39 is 0 Å². The Morgan fingerprint density at radius 1 is 1.53 bits per heavy atom. The Morgan fingerprint density at radius 2 is 2.29 bits per heavy atom. The summed E-state index contributed by atoms with van der Waals surface area (Å²) in [4.78, 5) is 4.68. The lowest BCUT2D eigenvalue weighted by molar-refractivity contribution is 0.475. The summed E-state index contributed by atoms with van der Waals surface area (Å²) in [5.41, 5.74) is 0. The standard InChI is InChI=1S/C11H14ClN3S2/c1-16-8-5-3-2-4-7(8)14-11-15-10(12)9(6-13)17-11/h7-8H,2-5H2,1H3,(H,14,15). The third-order valence-electron chi connectivity index (χ3n) is 3.00. The van der Waals surface area contributed by atoms with E-state index in [9.17, 15) is 0 Å². The van der Waals surface area contributed by atoms with E-state index in [0.29, 0.717) is 21.3 Å². The van der Waals surface area contributed by atoms with Gasteiger partial charge >= 0.3 is 0 Å². The van der Waals surface area contributed by atoms with Gasteiger partial charge in [-0.05, 0) is 19.1 Å². The van der Waals surface area contributed by atoms with Crippen molar-refractivity contribution in [1.29, 1.82) is 5.26 Å². The van der Waals surface area contributed by atoms with Crippen molar-refractivity contribution in [3.05, 3.63) is 10.0 Å². The van der Waals surface area contributed by atoms with E-state index in [0.717, 1.165) is 5.13 Å². The molecule has 2 unspecified atom stereocenters. The third kappa shape index (κ3) is 3.06. The number of thioether (sulfide) groups is 1. The third-order valence-corrected chi connectivity index (χ3v) is 5.45. The maximum Gasteiger partial charge on any atom is 0.185 e. The van der Waals surface area contributed by atoms with Crippen LogP contribution in [0.4, 0.5) is 5.13 Å². The predicted octanol–water partition coefficient (Wildman–Crippen LogP) is 3.75. The predicted molar refractivity (Wildman–Crippen MR) is 75.0 cm³/mol. The zero-order valence-corrected chi connectivity index (χ0v) is 12.0. The molecule has 6 heteroatoms. The zero-order chi connectivity index (χ0) is 12.3. The smallest absolute Gasteiger partial charge is 0.185 e. The summed E-state index contributed by atoms with van der Waals surface area (Å²) in [5, 5.41) is 14.0. The van der Waals surface area contributed by atoms with Gasteiger partial charge in [-0.2, -0.15) is 17.0 Å². The largest absolute Gasteiger partial charge is 0.358 e. The molecule has 0 bridgehead atoms. The summed E-state index contributed by atoms with van der Waals surface area (Å²) < 4.78 is 0. The molecular formula is C11H14ClN3S2. The van der Waals surface area contributed by atoms with E-state index in [1.165, 1.54) is 37.0 Å². The van der Waals surface area contributed by atoms with Crippen LogP contribution >= 0.6 is 34.7 Å². The van der Waals surface area contributed by atoms with Gasteiger partial charge in [0.15, 0.2) is 10.3 Å². The number of nitrogens with zero attached hydrogens (tertiary/aromatic N) is 2. The number of thiazole rings is 1.